The molecule has 0 fully saturated rings. The Hall–Kier alpha value is -3.98. The molecule has 1 aromatic heterocycles. The number of aliphatic hydroxyl groups is 1. The van der Waals surface area contributed by atoms with Crippen molar-refractivity contribution in [1.82, 2.24) is 9.80 Å². The number of amides is 1. The number of unbranched alkanes of at least 4 members (excludes halogenated alkanes) is 1. The minimum atomic E-state index is -0.844. The number of rotatable bonds is 13. The number of hydrogen-bond acceptors (Lipinski definition) is 8. The highest BCUT2D eigenvalue weighted by Gasteiger charge is 2.44. The summed E-state index contributed by atoms with van der Waals surface area (Å²) in [6.45, 7) is 5.76. The largest absolute Gasteiger partial charge is 0.503 e. The molecule has 1 unspecified atom stereocenters. The number of ketones is 1. The number of hydrogen-bond donors (Lipinski definition) is 1. The van der Waals surface area contributed by atoms with Crippen LogP contribution in [0.4, 0.5) is 0 Å². The van der Waals surface area contributed by atoms with Crippen LogP contribution in [-0.2, 0) is 4.79 Å². The number of Topliss-reactive ketones (excluding diaryl/α,β-unsaturated/α-hetero) is 1. The summed E-state index contributed by atoms with van der Waals surface area (Å²) in [5.41, 5.74) is 0.995. The standard InChI is InChI=1S/C30H36N2O7/c1-6-8-16-38-21-13-12-19(17-23(21)37-7-2)26-25(28(34)30(35)32(26)15-14-31(3)4)27(33)24-18-20-10-9-11-22(36-5)29(20)39-24/h9-13,17-18,26,34H,6-8,14-16H2,1-5H3. The van der Waals surface area contributed by atoms with Crippen molar-refractivity contribution in [3.8, 4) is 17.2 Å². The van der Waals surface area contributed by atoms with E-state index >= 15 is 0 Å². The van der Waals surface area contributed by atoms with Gasteiger partial charge in [-0.3, -0.25) is 9.59 Å². The summed E-state index contributed by atoms with van der Waals surface area (Å²) in [4.78, 5) is 30.6. The number of carbonyl (C=O) groups is 2. The Labute approximate surface area is 228 Å². The summed E-state index contributed by atoms with van der Waals surface area (Å²) in [6, 6.07) is 11.5. The Kier molecular flexibility index (Phi) is 8.81. The molecule has 1 amide bonds. The van der Waals surface area contributed by atoms with Crippen molar-refractivity contribution < 1.29 is 33.3 Å². The van der Waals surface area contributed by atoms with Crippen LogP contribution in [0.25, 0.3) is 11.0 Å². The number of furan rings is 1. The van der Waals surface area contributed by atoms with Crippen molar-refractivity contribution in [2.24, 2.45) is 0 Å². The SMILES string of the molecule is CCCCOc1ccc(C2C(C(=O)c3cc4cccc(OC)c4o3)=C(O)C(=O)N2CCN(C)C)cc1OCC. The minimum Gasteiger partial charge on any atom is -0.503 e. The zero-order chi connectivity index (χ0) is 28.1. The first-order valence-corrected chi connectivity index (χ1v) is 13.2. The van der Waals surface area contributed by atoms with Crippen molar-refractivity contribution in [2.75, 3.05) is 47.5 Å². The number of aliphatic hydroxyl groups excluding tert-OH is 1. The second kappa shape index (κ2) is 12.3. The van der Waals surface area contributed by atoms with Crippen LogP contribution in [0.15, 0.2) is 58.2 Å². The quantitative estimate of drug-likeness (QED) is 0.236. The lowest BCUT2D eigenvalue weighted by atomic mass is 9.94. The third kappa shape index (κ3) is 5.73. The van der Waals surface area contributed by atoms with Crippen LogP contribution < -0.4 is 14.2 Å². The summed E-state index contributed by atoms with van der Waals surface area (Å²) in [7, 11) is 5.31. The van der Waals surface area contributed by atoms with E-state index < -0.39 is 23.5 Å². The Bertz CT molecular complexity index is 1370. The predicted molar refractivity (Wildman–Crippen MR) is 148 cm³/mol. The molecule has 0 spiro atoms. The second-order valence-corrected chi connectivity index (χ2v) is 9.63. The van der Waals surface area contributed by atoms with Gasteiger partial charge in [-0.1, -0.05) is 31.5 Å². The van der Waals surface area contributed by atoms with Gasteiger partial charge in [0.2, 0.25) is 5.78 Å². The lowest BCUT2D eigenvalue weighted by Crippen LogP contribution is -2.36. The maximum Gasteiger partial charge on any atom is 0.290 e. The first kappa shape index (κ1) is 28.0. The van der Waals surface area contributed by atoms with E-state index in [2.05, 4.69) is 6.92 Å². The van der Waals surface area contributed by atoms with Gasteiger partial charge in [0.15, 0.2) is 34.4 Å². The van der Waals surface area contributed by atoms with Crippen molar-refractivity contribution in [2.45, 2.75) is 32.7 Å². The van der Waals surface area contributed by atoms with E-state index in [-0.39, 0.29) is 11.3 Å². The summed E-state index contributed by atoms with van der Waals surface area (Å²) in [6.07, 6.45) is 1.90. The molecule has 9 heteroatoms. The van der Waals surface area contributed by atoms with E-state index in [1.54, 1.807) is 42.5 Å². The fraction of sp³-hybridized carbons (Fsp3) is 0.400. The molecule has 9 nitrogen and oxygen atoms in total. The van der Waals surface area contributed by atoms with Gasteiger partial charge in [-0.2, -0.15) is 0 Å². The summed E-state index contributed by atoms with van der Waals surface area (Å²) in [5, 5.41) is 11.7. The van der Waals surface area contributed by atoms with Gasteiger partial charge >= 0.3 is 0 Å². The van der Waals surface area contributed by atoms with Gasteiger partial charge in [-0.05, 0) is 57.3 Å². The first-order chi connectivity index (χ1) is 18.8. The van der Waals surface area contributed by atoms with Gasteiger partial charge in [0.25, 0.3) is 5.91 Å². The molecule has 3 aromatic rings. The lowest BCUT2D eigenvalue weighted by Gasteiger charge is -2.28. The van der Waals surface area contributed by atoms with E-state index in [1.165, 1.54) is 12.0 Å². The molecule has 0 radical (unpaired) electrons. The average Bonchev–Trinajstić information content (AvgIpc) is 3.47. The van der Waals surface area contributed by atoms with Gasteiger partial charge < -0.3 is 33.5 Å². The van der Waals surface area contributed by atoms with Crippen LogP contribution in [0.3, 0.4) is 0 Å². The van der Waals surface area contributed by atoms with Crippen molar-refractivity contribution in [1.29, 1.82) is 0 Å². The highest BCUT2D eigenvalue weighted by molar-refractivity contribution is 6.16. The topological polar surface area (TPSA) is 102 Å². The Balaban J connectivity index is 1.79. The maximum atomic E-state index is 13.9. The Morgan fingerprint density at radius 3 is 2.56 bits per heavy atom. The summed E-state index contributed by atoms with van der Waals surface area (Å²) < 4.78 is 23.1. The van der Waals surface area contributed by atoms with Gasteiger partial charge in [0.1, 0.15) is 0 Å². The predicted octanol–water partition coefficient (Wildman–Crippen LogP) is 5.16. The van der Waals surface area contributed by atoms with Crippen LogP contribution in [0.5, 0.6) is 17.2 Å². The molecule has 39 heavy (non-hydrogen) atoms. The number of nitrogens with zero attached hydrogens (tertiary/aromatic N) is 2. The fourth-order valence-electron chi connectivity index (χ4n) is 4.62. The average molecular weight is 537 g/mol. The molecular formula is C30H36N2O7. The van der Waals surface area contributed by atoms with Crippen molar-refractivity contribution >= 4 is 22.7 Å². The second-order valence-electron chi connectivity index (χ2n) is 9.63. The molecule has 0 saturated carbocycles. The molecule has 4 rings (SSSR count). The van der Waals surface area contributed by atoms with Crippen LogP contribution >= 0.6 is 0 Å². The molecule has 2 heterocycles. The zero-order valence-corrected chi connectivity index (χ0v) is 23.2. The monoisotopic (exact) mass is 536 g/mol. The molecule has 0 bridgehead atoms. The number of carbonyl (C=O) groups excluding carboxylic acids is 2. The normalized spacial score (nSPS) is 15.5. The minimum absolute atomic E-state index is 0.00728. The third-order valence-electron chi connectivity index (χ3n) is 6.63. The molecule has 1 aliphatic heterocycles. The Morgan fingerprint density at radius 2 is 1.87 bits per heavy atom. The van der Waals surface area contributed by atoms with E-state index in [4.69, 9.17) is 18.6 Å². The van der Waals surface area contributed by atoms with Crippen molar-refractivity contribution in [3.05, 3.63) is 65.1 Å². The smallest absolute Gasteiger partial charge is 0.290 e. The molecule has 1 aliphatic rings. The van der Waals surface area contributed by atoms with Crippen LogP contribution in [-0.4, -0.2) is 74.1 Å². The van der Waals surface area contributed by atoms with Crippen LogP contribution in [0.2, 0.25) is 0 Å². The highest BCUT2D eigenvalue weighted by Crippen LogP contribution is 2.42. The molecule has 1 atom stereocenters. The molecule has 0 saturated heterocycles. The van der Waals surface area contributed by atoms with E-state index in [9.17, 15) is 14.7 Å². The van der Waals surface area contributed by atoms with Gasteiger partial charge in [-0.15, -0.1) is 0 Å². The van der Waals surface area contributed by atoms with Crippen molar-refractivity contribution in [3.63, 3.8) is 0 Å². The number of benzene rings is 2. The molecule has 0 aliphatic carbocycles. The molecule has 1 N–H and O–H groups in total. The summed E-state index contributed by atoms with van der Waals surface area (Å²) in [5.74, 6) is -0.180. The number of para-hydroxylation sites is 1. The van der Waals surface area contributed by atoms with Gasteiger partial charge in [0, 0.05) is 18.5 Å². The van der Waals surface area contributed by atoms with Gasteiger partial charge in [0.05, 0.1) is 31.9 Å². The first-order valence-electron chi connectivity index (χ1n) is 13.2. The van der Waals surface area contributed by atoms with Gasteiger partial charge in [-0.25, -0.2) is 0 Å². The molecule has 2 aromatic carbocycles. The van der Waals surface area contributed by atoms with E-state index in [0.717, 1.165) is 12.8 Å². The maximum absolute atomic E-state index is 13.9. The number of fused-ring (bicyclic) bond motifs is 1. The molecular weight excluding hydrogens is 500 g/mol. The van der Waals surface area contributed by atoms with E-state index in [0.29, 0.717) is 60.1 Å². The number of methoxy groups -OCH3 is 1. The zero-order valence-electron chi connectivity index (χ0n) is 23.2. The summed E-state index contributed by atoms with van der Waals surface area (Å²) >= 11 is 0. The van der Waals surface area contributed by atoms with Crippen LogP contribution in [0, 0.1) is 0 Å². The lowest BCUT2D eigenvalue weighted by molar-refractivity contribution is -0.129. The third-order valence-corrected chi connectivity index (χ3v) is 6.63. The van der Waals surface area contributed by atoms with Crippen LogP contribution in [0.1, 0.15) is 48.8 Å². The molecule has 208 valence electrons. The number of likely N-dealkylation sites (N-methyl/N-ethyl adjacent to an activating group) is 1. The van der Waals surface area contributed by atoms with E-state index in [1.807, 2.05) is 25.9 Å². The highest BCUT2D eigenvalue weighted by atomic mass is 16.5. The number of ether oxygens (including phenoxy) is 3. The Morgan fingerprint density at radius 1 is 1.08 bits per heavy atom. The fourth-order valence-corrected chi connectivity index (χ4v) is 4.62.